The molecule has 0 atom stereocenters. The lowest BCUT2D eigenvalue weighted by atomic mass is 10.1. The maximum atomic E-state index is 13.5. The van der Waals surface area contributed by atoms with E-state index in [0.717, 1.165) is 5.56 Å². The number of anilines is 1. The van der Waals surface area contributed by atoms with Crippen LogP contribution in [0.5, 0.6) is 0 Å². The summed E-state index contributed by atoms with van der Waals surface area (Å²) in [6.45, 7) is 4.16. The number of aromatic nitrogens is 2. The molecule has 0 saturated heterocycles. The SMILES string of the molecule is CC(C)CN(CC(=O)Nc1cc(-c2ccccc2)nn1-c1ccc(F)cc1)C(=O)Cc1ccc(F)cc1. The quantitative estimate of drug-likeness (QED) is 0.329. The molecule has 0 aliphatic heterocycles. The molecular weight excluding hydrogens is 474 g/mol. The molecule has 4 rings (SSSR count). The Morgan fingerprint density at radius 1 is 0.919 bits per heavy atom. The number of rotatable bonds is 9. The summed E-state index contributed by atoms with van der Waals surface area (Å²) in [6.07, 6.45) is 0.0615. The van der Waals surface area contributed by atoms with Gasteiger partial charge in [0.05, 0.1) is 24.3 Å². The second kappa shape index (κ2) is 11.6. The van der Waals surface area contributed by atoms with Crippen LogP contribution in [-0.4, -0.2) is 39.6 Å². The minimum Gasteiger partial charge on any atom is -0.333 e. The molecule has 0 saturated carbocycles. The fourth-order valence-electron chi connectivity index (χ4n) is 3.94. The van der Waals surface area contributed by atoms with Gasteiger partial charge < -0.3 is 10.2 Å². The van der Waals surface area contributed by atoms with Crippen LogP contribution in [0.3, 0.4) is 0 Å². The first-order valence-corrected chi connectivity index (χ1v) is 12.0. The zero-order valence-corrected chi connectivity index (χ0v) is 20.7. The lowest BCUT2D eigenvalue weighted by molar-refractivity contribution is -0.134. The largest absolute Gasteiger partial charge is 0.333 e. The zero-order chi connectivity index (χ0) is 26.4. The predicted molar refractivity (Wildman–Crippen MR) is 139 cm³/mol. The standard InChI is InChI=1S/C29H28F2N4O2/c1-20(2)18-34(29(37)16-21-8-10-23(30)11-9-21)19-28(36)32-27-17-26(22-6-4-3-5-7-22)33-35(27)25-14-12-24(31)13-15-25/h3-15,17,20H,16,18-19H2,1-2H3,(H,32,36). The monoisotopic (exact) mass is 502 g/mol. The van der Waals surface area contributed by atoms with Crippen molar-refractivity contribution in [1.29, 1.82) is 0 Å². The Balaban J connectivity index is 1.56. The summed E-state index contributed by atoms with van der Waals surface area (Å²) in [5.41, 5.74) is 2.73. The molecule has 190 valence electrons. The molecule has 37 heavy (non-hydrogen) atoms. The van der Waals surface area contributed by atoms with Gasteiger partial charge in [0.2, 0.25) is 11.8 Å². The van der Waals surface area contributed by atoms with Crippen molar-refractivity contribution in [1.82, 2.24) is 14.7 Å². The van der Waals surface area contributed by atoms with Crippen molar-refractivity contribution in [3.05, 3.63) is 102 Å². The molecule has 1 heterocycles. The summed E-state index contributed by atoms with van der Waals surface area (Å²) in [6, 6.07) is 22.8. The summed E-state index contributed by atoms with van der Waals surface area (Å²) in [7, 11) is 0. The molecular formula is C29H28F2N4O2. The van der Waals surface area contributed by atoms with E-state index < -0.39 is 5.91 Å². The molecule has 0 spiro atoms. The predicted octanol–water partition coefficient (Wildman–Crippen LogP) is 5.48. The first-order chi connectivity index (χ1) is 17.8. The third-order valence-electron chi connectivity index (χ3n) is 5.66. The Labute approximate surface area is 214 Å². The van der Waals surface area contributed by atoms with Crippen molar-refractivity contribution < 1.29 is 18.4 Å². The number of benzene rings is 3. The van der Waals surface area contributed by atoms with Crippen LogP contribution in [0, 0.1) is 17.6 Å². The normalized spacial score (nSPS) is 10.9. The van der Waals surface area contributed by atoms with Crippen molar-refractivity contribution in [2.75, 3.05) is 18.4 Å². The van der Waals surface area contributed by atoms with Gasteiger partial charge in [0.15, 0.2) is 0 Å². The number of halogens is 2. The fraction of sp³-hybridized carbons (Fsp3) is 0.207. The van der Waals surface area contributed by atoms with E-state index in [4.69, 9.17) is 0 Å². The van der Waals surface area contributed by atoms with Crippen molar-refractivity contribution in [2.45, 2.75) is 20.3 Å². The third kappa shape index (κ3) is 6.88. The molecule has 2 amide bonds. The van der Waals surface area contributed by atoms with Gasteiger partial charge in [0, 0.05) is 18.2 Å². The zero-order valence-electron chi connectivity index (χ0n) is 20.7. The van der Waals surface area contributed by atoms with Crippen LogP contribution in [0.15, 0.2) is 84.9 Å². The van der Waals surface area contributed by atoms with Crippen LogP contribution in [0.4, 0.5) is 14.6 Å². The Morgan fingerprint density at radius 3 is 2.16 bits per heavy atom. The van der Waals surface area contributed by atoms with Gasteiger partial charge in [-0.1, -0.05) is 56.3 Å². The third-order valence-corrected chi connectivity index (χ3v) is 5.66. The smallest absolute Gasteiger partial charge is 0.245 e. The molecule has 1 aromatic heterocycles. The summed E-state index contributed by atoms with van der Waals surface area (Å²) in [5.74, 6) is -0.843. The molecule has 4 aromatic rings. The van der Waals surface area contributed by atoms with E-state index in [2.05, 4.69) is 10.4 Å². The van der Waals surface area contributed by atoms with Crippen molar-refractivity contribution in [2.24, 2.45) is 5.92 Å². The minimum absolute atomic E-state index is 0.0615. The topological polar surface area (TPSA) is 67.2 Å². The Morgan fingerprint density at radius 2 is 1.54 bits per heavy atom. The average Bonchev–Trinajstić information content (AvgIpc) is 3.29. The highest BCUT2D eigenvalue weighted by molar-refractivity contribution is 5.95. The van der Waals surface area contributed by atoms with Crippen LogP contribution in [-0.2, 0) is 16.0 Å². The molecule has 1 N–H and O–H groups in total. The van der Waals surface area contributed by atoms with Gasteiger partial charge in [-0.05, 0) is 47.9 Å². The van der Waals surface area contributed by atoms with Gasteiger partial charge in [-0.3, -0.25) is 9.59 Å². The highest BCUT2D eigenvalue weighted by Gasteiger charge is 2.21. The number of nitrogens with zero attached hydrogens (tertiary/aromatic N) is 3. The maximum Gasteiger partial charge on any atom is 0.245 e. The van der Waals surface area contributed by atoms with E-state index in [1.807, 2.05) is 44.2 Å². The second-order valence-corrected chi connectivity index (χ2v) is 9.19. The van der Waals surface area contributed by atoms with Gasteiger partial charge in [-0.2, -0.15) is 5.10 Å². The molecule has 8 heteroatoms. The number of carbonyl (C=O) groups excluding carboxylic acids is 2. The van der Waals surface area contributed by atoms with Gasteiger partial charge in [-0.25, -0.2) is 13.5 Å². The Kier molecular flexibility index (Phi) is 8.08. The summed E-state index contributed by atoms with van der Waals surface area (Å²) in [4.78, 5) is 27.7. The molecule has 6 nitrogen and oxygen atoms in total. The van der Waals surface area contributed by atoms with E-state index in [-0.39, 0.29) is 36.4 Å². The van der Waals surface area contributed by atoms with Crippen molar-refractivity contribution >= 4 is 17.6 Å². The Bertz CT molecular complexity index is 1350. The van der Waals surface area contributed by atoms with Gasteiger partial charge in [0.25, 0.3) is 0 Å². The molecule has 3 aromatic carbocycles. The molecule has 0 fully saturated rings. The number of amides is 2. The van der Waals surface area contributed by atoms with Gasteiger partial charge >= 0.3 is 0 Å². The summed E-state index contributed by atoms with van der Waals surface area (Å²) >= 11 is 0. The first-order valence-electron chi connectivity index (χ1n) is 12.0. The number of nitrogens with one attached hydrogen (secondary N) is 1. The van der Waals surface area contributed by atoms with Crippen LogP contribution in [0.25, 0.3) is 16.9 Å². The Hall–Kier alpha value is -4.33. The van der Waals surface area contributed by atoms with E-state index >= 15 is 0 Å². The van der Waals surface area contributed by atoms with Crippen molar-refractivity contribution in [3.8, 4) is 16.9 Å². The van der Waals surface area contributed by atoms with E-state index in [1.54, 1.807) is 30.3 Å². The first kappa shape index (κ1) is 25.8. The lowest BCUT2D eigenvalue weighted by Crippen LogP contribution is -2.41. The number of carbonyl (C=O) groups is 2. The van der Waals surface area contributed by atoms with E-state index in [1.165, 1.54) is 33.8 Å². The molecule has 0 bridgehead atoms. The number of hydrogen-bond donors (Lipinski definition) is 1. The highest BCUT2D eigenvalue weighted by atomic mass is 19.1. The summed E-state index contributed by atoms with van der Waals surface area (Å²) < 4.78 is 28.3. The molecule has 0 unspecified atom stereocenters. The van der Waals surface area contributed by atoms with Crippen LogP contribution in [0.2, 0.25) is 0 Å². The van der Waals surface area contributed by atoms with Gasteiger partial charge in [-0.15, -0.1) is 0 Å². The molecule has 0 radical (unpaired) electrons. The van der Waals surface area contributed by atoms with Gasteiger partial charge in [0.1, 0.15) is 17.5 Å². The average molecular weight is 503 g/mol. The maximum absolute atomic E-state index is 13.5. The fourth-order valence-corrected chi connectivity index (χ4v) is 3.94. The van der Waals surface area contributed by atoms with E-state index in [9.17, 15) is 18.4 Å². The number of hydrogen-bond acceptors (Lipinski definition) is 3. The van der Waals surface area contributed by atoms with Crippen LogP contribution < -0.4 is 5.32 Å². The molecule has 0 aliphatic carbocycles. The minimum atomic E-state index is -0.393. The van der Waals surface area contributed by atoms with Crippen LogP contribution >= 0.6 is 0 Å². The second-order valence-electron chi connectivity index (χ2n) is 9.19. The highest BCUT2D eigenvalue weighted by Crippen LogP contribution is 2.25. The molecule has 0 aliphatic rings. The van der Waals surface area contributed by atoms with Crippen LogP contribution in [0.1, 0.15) is 19.4 Å². The van der Waals surface area contributed by atoms with E-state index in [0.29, 0.717) is 29.3 Å². The summed E-state index contributed by atoms with van der Waals surface area (Å²) in [5, 5.41) is 7.50. The van der Waals surface area contributed by atoms with Crippen molar-refractivity contribution in [3.63, 3.8) is 0 Å². The lowest BCUT2D eigenvalue weighted by Gasteiger charge is -2.24.